The van der Waals surface area contributed by atoms with Crippen molar-refractivity contribution in [1.29, 1.82) is 0 Å². The molecule has 1 atom stereocenters. The highest BCUT2D eigenvalue weighted by atomic mass is 32.2. The first kappa shape index (κ1) is 17.5. The molecule has 0 bridgehead atoms. The largest absolute Gasteiger partial charge is 0.496 e. The summed E-state index contributed by atoms with van der Waals surface area (Å²) < 4.78 is 32.2. The molecule has 1 aromatic carbocycles. The highest BCUT2D eigenvalue weighted by Crippen LogP contribution is 2.23. The molecule has 0 radical (unpaired) electrons. The van der Waals surface area contributed by atoms with Crippen molar-refractivity contribution in [3.05, 3.63) is 23.8 Å². The van der Waals surface area contributed by atoms with Gasteiger partial charge >= 0.3 is 5.97 Å². The topological polar surface area (TPSA) is 92.7 Å². The van der Waals surface area contributed by atoms with E-state index in [4.69, 9.17) is 9.84 Å². The Labute approximate surface area is 125 Å². The van der Waals surface area contributed by atoms with Crippen molar-refractivity contribution < 1.29 is 23.1 Å². The molecule has 0 amide bonds. The van der Waals surface area contributed by atoms with Gasteiger partial charge in [0.1, 0.15) is 11.3 Å². The van der Waals surface area contributed by atoms with Gasteiger partial charge < -0.3 is 9.84 Å². The van der Waals surface area contributed by atoms with E-state index in [1.54, 1.807) is 0 Å². The molecule has 0 aromatic heterocycles. The van der Waals surface area contributed by atoms with Crippen molar-refractivity contribution in [3.8, 4) is 5.75 Å². The molecule has 0 saturated carbocycles. The van der Waals surface area contributed by atoms with Gasteiger partial charge in [-0.15, -0.1) is 0 Å². The number of benzene rings is 1. The fraction of sp³-hybridized carbons (Fsp3) is 0.500. The second-order valence-electron chi connectivity index (χ2n) is 5.05. The summed E-state index contributed by atoms with van der Waals surface area (Å²) in [6.45, 7) is 5.74. The number of methoxy groups -OCH3 is 1. The molecular weight excluding hydrogens is 294 g/mol. The zero-order chi connectivity index (χ0) is 16.2. The molecule has 0 fully saturated rings. The number of nitrogens with one attached hydrogen (secondary N) is 1. The predicted octanol–water partition coefficient (Wildman–Crippen LogP) is 2.11. The Kier molecular flexibility index (Phi) is 5.74. The van der Waals surface area contributed by atoms with Crippen molar-refractivity contribution >= 4 is 16.0 Å². The molecule has 7 heteroatoms. The first-order chi connectivity index (χ1) is 9.72. The number of carboxylic acids is 1. The van der Waals surface area contributed by atoms with Crippen molar-refractivity contribution in [2.24, 2.45) is 5.92 Å². The van der Waals surface area contributed by atoms with E-state index in [1.165, 1.54) is 19.2 Å². The molecule has 21 heavy (non-hydrogen) atoms. The molecule has 118 valence electrons. The van der Waals surface area contributed by atoms with Crippen molar-refractivity contribution in [3.63, 3.8) is 0 Å². The number of hydrogen-bond acceptors (Lipinski definition) is 4. The molecule has 2 N–H and O–H groups in total. The zero-order valence-electron chi connectivity index (χ0n) is 12.6. The number of sulfonamides is 1. The maximum Gasteiger partial charge on any atom is 0.339 e. The summed E-state index contributed by atoms with van der Waals surface area (Å²) in [6, 6.07) is 3.58. The summed E-state index contributed by atoms with van der Waals surface area (Å²) in [5.74, 6) is -0.973. The van der Waals surface area contributed by atoms with Crippen LogP contribution in [0, 0.1) is 5.92 Å². The van der Waals surface area contributed by atoms with Gasteiger partial charge in [0.05, 0.1) is 12.0 Å². The Hall–Kier alpha value is -1.60. The summed E-state index contributed by atoms with van der Waals surface area (Å²) >= 11 is 0. The summed E-state index contributed by atoms with van der Waals surface area (Å²) in [5, 5.41) is 9.11. The van der Waals surface area contributed by atoms with Crippen LogP contribution in [0.4, 0.5) is 0 Å². The van der Waals surface area contributed by atoms with Crippen molar-refractivity contribution in [2.45, 2.75) is 38.1 Å². The van der Waals surface area contributed by atoms with Gasteiger partial charge in [-0.25, -0.2) is 17.9 Å². The van der Waals surface area contributed by atoms with E-state index in [2.05, 4.69) is 4.72 Å². The molecule has 1 rings (SSSR count). The van der Waals surface area contributed by atoms with Crippen LogP contribution in [-0.4, -0.2) is 32.6 Å². The number of hydrogen-bond donors (Lipinski definition) is 2. The van der Waals surface area contributed by atoms with Gasteiger partial charge in [-0.05, 0) is 30.5 Å². The third kappa shape index (κ3) is 4.18. The second-order valence-corrected chi connectivity index (χ2v) is 6.76. The molecule has 1 aromatic rings. The van der Waals surface area contributed by atoms with Crippen LogP contribution in [0.1, 0.15) is 37.6 Å². The van der Waals surface area contributed by atoms with E-state index >= 15 is 0 Å². The van der Waals surface area contributed by atoms with E-state index in [9.17, 15) is 13.2 Å². The van der Waals surface area contributed by atoms with Crippen LogP contribution in [0.25, 0.3) is 0 Å². The van der Waals surface area contributed by atoms with Gasteiger partial charge in [-0.3, -0.25) is 0 Å². The Bertz CT molecular complexity index is 610. The lowest BCUT2D eigenvalue weighted by atomic mass is 10.0. The Morgan fingerprint density at radius 1 is 1.38 bits per heavy atom. The van der Waals surface area contributed by atoms with Gasteiger partial charge in [0.15, 0.2) is 0 Å². The van der Waals surface area contributed by atoms with Crippen LogP contribution < -0.4 is 9.46 Å². The SMILES string of the molecule is CCC(NS(=O)(=O)c1ccc(OC)c(C(=O)O)c1)C(C)C. The lowest BCUT2D eigenvalue weighted by Crippen LogP contribution is -2.38. The van der Waals surface area contributed by atoms with Crippen LogP contribution >= 0.6 is 0 Å². The smallest absolute Gasteiger partial charge is 0.339 e. The van der Waals surface area contributed by atoms with E-state index in [0.717, 1.165) is 6.07 Å². The molecule has 0 spiro atoms. The molecule has 0 saturated heterocycles. The lowest BCUT2D eigenvalue weighted by Gasteiger charge is -2.20. The van der Waals surface area contributed by atoms with E-state index in [1.807, 2.05) is 20.8 Å². The number of ether oxygens (including phenoxy) is 1. The average molecular weight is 315 g/mol. The van der Waals surface area contributed by atoms with Crippen LogP contribution in [0.15, 0.2) is 23.1 Å². The predicted molar refractivity (Wildman–Crippen MR) is 79.2 cm³/mol. The summed E-state index contributed by atoms with van der Waals surface area (Å²) in [4.78, 5) is 11.1. The summed E-state index contributed by atoms with van der Waals surface area (Å²) in [5.41, 5.74) is -0.182. The number of aromatic carboxylic acids is 1. The van der Waals surface area contributed by atoms with E-state index in [-0.39, 0.29) is 28.2 Å². The molecule has 1 unspecified atom stereocenters. The van der Waals surface area contributed by atoms with Crippen molar-refractivity contribution in [1.82, 2.24) is 4.72 Å². The standard InChI is InChI=1S/C14H21NO5S/c1-5-12(9(2)3)15-21(18,19)10-6-7-13(20-4)11(8-10)14(16)17/h6-9,12,15H,5H2,1-4H3,(H,16,17). The van der Waals surface area contributed by atoms with Crippen LogP contribution in [0.5, 0.6) is 5.75 Å². The van der Waals surface area contributed by atoms with Gasteiger partial charge in [-0.1, -0.05) is 20.8 Å². The highest BCUT2D eigenvalue weighted by Gasteiger charge is 2.23. The minimum Gasteiger partial charge on any atom is -0.496 e. The first-order valence-electron chi connectivity index (χ1n) is 6.66. The number of carbonyl (C=O) groups is 1. The second kappa shape index (κ2) is 6.91. The Balaban J connectivity index is 3.20. The van der Waals surface area contributed by atoms with Crippen LogP contribution in [-0.2, 0) is 10.0 Å². The number of carboxylic acid groups (broad SMARTS) is 1. The van der Waals surface area contributed by atoms with Gasteiger partial charge in [0, 0.05) is 6.04 Å². The van der Waals surface area contributed by atoms with Gasteiger partial charge in [0.2, 0.25) is 10.0 Å². The third-order valence-corrected chi connectivity index (χ3v) is 4.75. The van der Waals surface area contributed by atoms with Crippen molar-refractivity contribution in [2.75, 3.05) is 7.11 Å². The average Bonchev–Trinajstić information content (AvgIpc) is 2.43. The lowest BCUT2D eigenvalue weighted by molar-refractivity contribution is 0.0693. The highest BCUT2D eigenvalue weighted by molar-refractivity contribution is 7.89. The summed E-state index contributed by atoms with van der Waals surface area (Å²) in [6.07, 6.45) is 0.652. The zero-order valence-corrected chi connectivity index (χ0v) is 13.4. The maximum atomic E-state index is 12.3. The minimum absolute atomic E-state index is 0.0835. The molecule has 0 aliphatic rings. The van der Waals surface area contributed by atoms with E-state index < -0.39 is 16.0 Å². The molecule has 0 heterocycles. The fourth-order valence-corrected chi connectivity index (χ4v) is 3.47. The Morgan fingerprint density at radius 3 is 2.43 bits per heavy atom. The Morgan fingerprint density at radius 2 is 2.00 bits per heavy atom. The third-order valence-electron chi connectivity index (χ3n) is 3.26. The quantitative estimate of drug-likeness (QED) is 0.804. The molecule has 0 aliphatic heterocycles. The molecule has 0 aliphatic carbocycles. The first-order valence-corrected chi connectivity index (χ1v) is 8.14. The van der Waals surface area contributed by atoms with Gasteiger partial charge in [0.25, 0.3) is 0 Å². The molecule has 6 nitrogen and oxygen atoms in total. The fourth-order valence-electron chi connectivity index (χ4n) is 1.98. The van der Waals surface area contributed by atoms with Crippen LogP contribution in [0.3, 0.4) is 0 Å². The maximum absolute atomic E-state index is 12.3. The molecular formula is C14H21NO5S. The van der Waals surface area contributed by atoms with Crippen LogP contribution in [0.2, 0.25) is 0 Å². The number of rotatable bonds is 7. The minimum atomic E-state index is -3.77. The monoisotopic (exact) mass is 315 g/mol. The summed E-state index contributed by atoms with van der Waals surface area (Å²) in [7, 11) is -2.43. The van der Waals surface area contributed by atoms with E-state index in [0.29, 0.717) is 6.42 Å². The van der Waals surface area contributed by atoms with Gasteiger partial charge in [-0.2, -0.15) is 0 Å². The normalized spacial score (nSPS) is 13.2.